The van der Waals surface area contributed by atoms with Gasteiger partial charge in [0.05, 0.1) is 0 Å². The van der Waals surface area contributed by atoms with E-state index in [4.69, 9.17) is 11.6 Å². The molecule has 1 aromatic carbocycles. The quantitative estimate of drug-likeness (QED) is 0.574. The topological polar surface area (TPSA) is 20.3 Å². The van der Waals surface area contributed by atoms with Crippen LogP contribution in [0.4, 0.5) is 0 Å². The number of hydrogen-bond donors (Lipinski definition) is 0. The fourth-order valence-corrected chi connectivity index (χ4v) is 2.06. The second-order valence-corrected chi connectivity index (χ2v) is 5.77. The number of rotatable bonds is 5. The number of amides is 1. The lowest BCUT2D eigenvalue weighted by Crippen LogP contribution is -2.37. The summed E-state index contributed by atoms with van der Waals surface area (Å²) in [6.07, 6.45) is 0.829. The van der Waals surface area contributed by atoms with Crippen LogP contribution in [0, 0.1) is 3.57 Å². The summed E-state index contributed by atoms with van der Waals surface area (Å²) in [6, 6.07) is 7.85. The average molecular weight is 366 g/mol. The van der Waals surface area contributed by atoms with Gasteiger partial charge in [0, 0.05) is 27.6 Å². The van der Waals surface area contributed by atoms with Crippen molar-refractivity contribution in [1.29, 1.82) is 0 Å². The van der Waals surface area contributed by atoms with Crippen LogP contribution in [0.1, 0.15) is 30.6 Å². The highest BCUT2D eigenvalue weighted by Gasteiger charge is 2.17. The molecule has 2 nitrogen and oxygen atoms in total. The Kier molecular flexibility index (Phi) is 6.27. The Labute approximate surface area is 121 Å². The van der Waals surface area contributed by atoms with Gasteiger partial charge in [-0.05, 0) is 67.1 Å². The Hall–Kier alpha value is -0.290. The van der Waals surface area contributed by atoms with Gasteiger partial charge in [0.2, 0.25) is 0 Å². The predicted molar refractivity (Wildman–Crippen MR) is 80.7 cm³/mol. The molecule has 0 aliphatic carbocycles. The van der Waals surface area contributed by atoms with Crippen molar-refractivity contribution in [3.05, 3.63) is 33.4 Å². The first-order chi connectivity index (χ1) is 8.06. The standard InChI is InChI=1S/C13H17ClINO/c1-10(2)16(9-3-8-14)13(17)11-4-6-12(15)7-5-11/h4-7,10H,3,8-9H2,1-2H3. The highest BCUT2D eigenvalue weighted by molar-refractivity contribution is 14.1. The van der Waals surface area contributed by atoms with Crippen molar-refractivity contribution in [3.8, 4) is 0 Å². The minimum atomic E-state index is 0.0847. The van der Waals surface area contributed by atoms with E-state index in [1.54, 1.807) is 0 Å². The van der Waals surface area contributed by atoms with E-state index >= 15 is 0 Å². The van der Waals surface area contributed by atoms with Gasteiger partial charge in [0.1, 0.15) is 0 Å². The van der Waals surface area contributed by atoms with Gasteiger partial charge < -0.3 is 4.90 Å². The average Bonchev–Trinajstić information content (AvgIpc) is 2.29. The monoisotopic (exact) mass is 365 g/mol. The van der Waals surface area contributed by atoms with Crippen LogP contribution in [0.15, 0.2) is 24.3 Å². The van der Waals surface area contributed by atoms with Crippen LogP contribution in [0.25, 0.3) is 0 Å². The highest BCUT2D eigenvalue weighted by atomic mass is 127. The molecule has 4 heteroatoms. The smallest absolute Gasteiger partial charge is 0.254 e. The number of halogens is 2. The summed E-state index contributed by atoms with van der Waals surface area (Å²) in [7, 11) is 0. The first-order valence-corrected chi connectivity index (χ1v) is 7.30. The lowest BCUT2D eigenvalue weighted by atomic mass is 10.1. The fraction of sp³-hybridized carbons (Fsp3) is 0.462. The molecule has 1 aromatic rings. The molecular formula is C13H17ClINO. The number of nitrogens with zero attached hydrogens (tertiary/aromatic N) is 1. The number of benzene rings is 1. The first-order valence-electron chi connectivity index (χ1n) is 5.68. The number of carbonyl (C=O) groups excluding carboxylic acids is 1. The Morgan fingerprint density at radius 2 is 1.94 bits per heavy atom. The fourth-order valence-electron chi connectivity index (χ4n) is 1.58. The zero-order valence-corrected chi connectivity index (χ0v) is 13.0. The summed E-state index contributed by atoms with van der Waals surface area (Å²) in [5, 5.41) is 0. The van der Waals surface area contributed by atoms with E-state index in [1.807, 2.05) is 43.0 Å². The Balaban J connectivity index is 2.80. The lowest BCUT2D eigenvalue weighted by molar-refractivity contribution is 0.0706. The van der Waals surface area contributed by atoms with Gasteiger partial charge in [-0.1, -0.05) is 0 Å². The van der Waals surface area contributed by atoms with Crippen molar-refractivity contribution in [2.45, 2.75) is 26.3 Å². The third-order valence-corrected chi connectivity index (χ3v) is 3.49. The molecule has 0 spiro atoms. The Bertz CT molecular complexity index is 364. The maximum Gasteiger partial charge on any atom is 0.254 e. The van der Waals surface area contributed by atoms with E-state index in [1.165, 1.54) is 0 Å². The van der Waals surface area contributed by atoms with Gasteiger partial charge in [-0.2, -0.15) is 0 Å². The Morgan fingerprint density at radius 1 is 1.35 bits per heavy atom. The molecule has 1 rings (SSSR count). The summed E-state index contributed by atoms with van der Waals surface area (Å²) in [5.41, 5.74) is 0.744. The molecule has 0 atom stereocenters. The molecule has 0 unspecified atom stereocenters. The van der Waals surface area contributed by atoms with Crippen molar-refractivity contribution >= 4 is 40.1 Å². The molecular weight excluding hydrogens is 349 g/mol. The minimum absolute atomic E-state index is 0.0847. The van der Waals surface area contributed by atoms with Crippen LogP contribution < -0.4 is 0 Å². The van der Waals surface area contributed by atoms with Gasteiger partial charge >= 0.3 is 0 Å². The molecule has 0 N–H and O–H groups in total. The first kappa shape index (κ1) is 14.8. The Morgan fingerprint density at radius 3 is 2.41 bits per heavy atom. The summed E-state index contributed by atoms with van der Waals surface area (Å²) in [6.45, 7) is 4.77. The molecule has 0 saturated carbocycles. The zero-order chi connectivity index (χ0) is 12.8. The maximum atomic E-state index is 12.3. The van der Waals surface area contributed by atoms with Crippen LogP contribution >= 0.6 is 34.2 Å². The molecule has 17 heavy (non-hydrogen) atoms. The van der Waals surface area contributed by atoms with E-state index in [9.17, 15) is 4.79 Å². The third kappa shape index (κ3) is 4.47. The number of hydrogen-bond acceptors (Lipinski definition) is 1. The highest BCUT2D eigenvalue weighted by Crippen LogP contribution is 2.12. The van der Waals surface area contributed by atoms with Crippen molar-refractivity contribution in [2.75, 3.05) is 12.4 Å². The molecule has 0 heterocycles. The van der Waals surface area contributed by atoms with Crippen LogP contribution in [0.5, 0.6) is 0 Å². The van der Waals surface area contributed by atoms with E-state index < -0.39 is 0 Å². The second-order valence-electron chi connectivity index (χ2n) is 4.14. The van der Waals surface area contributed by atoms with Gasteiger partial charge in [-0.25, -0.2) is 0 Å². The van der Waals surface area contributed by atoms with Crippen molar-refractivity contribution in [1.82, 2.24) is 4.90 Å². The summed E-state index contributed by atoms with van der Waals surface area (Å²) < 4.78 is 1.14. The third-order valence-electron chi connectivity index (χ3n) is 2.51. The number of alkyl halides is 1. The van der Waals surface area contributed by atoms with Crippen molar-refractivity contribution in [2.24, 2.45) is 0 Å². The maximum absolute atomic E-state index is 12.3. The summed E-state index contributed by atoms with van der Waals surface area (Å²) in [4.78, 5) is 14.1. The van der Waals surface area contributed by atoms with Gasteiger partial charge in [-0.3, -0.25) is 4.79 Å². The van der Waals surface area contributed by atoms with Crippen LogP contribution in [-0.2, 0) is 0 Å². The molecule has 0 bridgehead atoms. The molecule has 0 radical (unpaired) electrons. The van der Waals surface area contributed by atoms with Crippen molar-refractivity contribution < 1.29 is 4.79 Å². The van der Waals surface area contributed by atoms with Gasteiger partial charge in [0.25, 0.3) is 5.91 Å². The molecule has 0 fully saturated rings. The van der Waals surface area contributed by atoms with Gasteiger partial charge in [0.15, 0.2) is 0 Å². The molecule has 0 saturated heterocycles. The molecule has 0 aromatic heterocycles. The van der Waals surface area contributed by atoms with E-state index in [0.717, 1.165) is 15.6 Å². The van der Waals surface area contributed by atoms with Crippen molar-refractivity contribution in [3.63, 3.8) is 0 Å². The molecule has 0 aliphatic rings. The summed E-state index contributed by atoms with van der Waals surface area (Å²) >= 11 is 7.91. The zero-order valence-electron chi connectivity index (χ0n) is 10.1. The normalized spacial score (nSPS) is 10.6. The van der Waals surface area contributed by atoms with Gasteiger partial charge in [-0.15, -0.1) is 11.6 Å². The predicted octanol–water partition coefficient (Wildman–Crippen LogP) is 3.77. The van der Waals surface area contributed by atoms with Crippen LogP contribution in [-0.4, -0.2) is 29.3 Å². The van der Waals surface area contributed by atoms with Crippen LogP contribution in [0.2, 0.25) is 0 Å². The molecule has 94 valence electrons. The van der Waals surface area contributed by atoms with E-state index in [0.29, 0.717) is 12.4 Å². The largest absolute Gasteiger partial charge is 0.336 e. The van der Waals surface area contributed by atoms with Crippen LogP contribution in [0.3, 0.4) is 0 Å². The van der Waals surface area contributed by atoms with E-state index in [2.05, 4.69) is 22.6 Å². The van der Waals surface area contributed by atoms with E-state index in [-0.39, 0.29) is 11.9 Å². The SMILES string of the molecule is CC(C)N(CCCCl)C(=O)c1ccc(I)cc1. The summed E-state index contributed by atoms with van der Waals surface area (Å²) in [5.74, 6) is 0.671. The number of carbonyl (C=O) groups is 1. The second kappa shape index (κ2) is 7.21. The molecule has 1 amide bonds. The molecule has 0 aliphatic heterocycles. The lowest BCUT2D eigenvalue weighted by Gasteiger charge is -2.26. The minimum Gasteiger partial charge on any atom is -0.336 e.